The van der Waals surface area contributed by atoms with Crippen molar-refractivity contribution in [3.8, 4) is 0 Å². The van der Waals surface area contributed by atoms with Crippen molar-refractivity contribution in [1.29, 1.82) is 0 Å². The first-order chi connectivity index (χ1) is 13.3. The second-order valence-corrected chi connectivity index (χ2v) is 8.23. The van der Waals surface area contributed by atoms with Crippen molar-refractivity contribution >= 4 is 5.91 Å². The third kappa shape index (κ3) is 4.78. The molecule has 0 bridgehead atoms. The minimum Gasteiger partial charge on any atom is -0.349 e. The van der Waals surface area contributed by atoms with Crippen LogP contribution in [0.2, 0.25) is 0 Å². The van der Waals surface area contributed by atoms with Gasteiger partial charge in [0.05, 0.1) is 6.54 Å². The molecule has 3 nitrogen and oxygen atoms in total. The first-order valence-corrected chi connectivity index (χ1v) is 10.6. The number of quaternary nitrogens is 1. The standard InChI is InChI=1S/C24H30N2O/c27-24(25-23-9-3-1-2-4-10-23)21-13-11-19(12-14-21)17-26-16-15-20-7-5-6-8-22(20)18-26/h5-8,11-14,23H,1-4,9-10,15-18H2,(H,25,27)/p+1. The SMILES string of the molecule is O=C(NC1CCCCCC1)c1ccc(C[NH+]2CCc3ccccc3C2)cc1. The molecule has 1 aliphatic carbocycles. The van der Waals surface area contributed by atoms with Gasteiger partial charge in [0, 0.05) is 29.2 Å². The van der Waals surface area contributed by atoms with Crippen LogP contribution in [0.25, 0.3) is 0 Å². The van der Waals surface area contributed by atoms with Gasteiger partial charge in [-0.1, -0.05) is 62.1 Å². The fraction of sp³-hybridized carbons (Fsp3) is 0.458. The molecule has 2 aromatic rings. The summed E-state index contributed by atoms with van der Waals surface area (Å²) in [5.41, 5.74) is 5.10. The van der Waals surface area contributed by atoms with E-state index in [9.17, 15) is 4.79 Å². The molecule has 1 fully saturated rings. The van der Waals surface area contributed by atoms with E-state index in [0.29, 0.717) is 6.04 Å². The highest BCUT2D eigenvalue weighted by Crippen LogP contribution is 2.18. The molecule has 2 N–H and O–H groups in total. The van der Waals surface area contributed by atoms with Gasteiger partial charge in [-0.15, -0.1) is 0 Å². The fourth-order valence-corrected chi connectivity index (χ4v) is 4.55. The van der Waals surface area contributed by atoms with E-state index in [1.807, 2.05) is 12.1 Å². The van der Waals surface area contributed by atoms with Crippen LogP contribution in [0.3, 0.4) is 0 Å². The maximum Gasteiger partial charge on any atom is 0.251 e. The molecule has 142 valence electrons. The molecule has 2 aliphatic rings. The summed E-state index contributed by atoms with van der Waals surface area (Å²) in [5, 5.41) is 3.24. The van der Waals surface area contributed by atoms with Gasteiger partial charge in [0.15, 0.2) is 0 Å². The van der Waals surface area contributed by atoms with Gasteiger partial charge in [-0.3, -0.25) is 4.79 Å². The number of fused-ring (bicyclic) bond motifs is 1. The van der Waals surface area contributed by atoms with Gasteiger partial charge in [-0.2, -0.15) is 0 Å². The summed E-state index contributed by atoms with van der Waals surface area (Å²) < 4.78 is 0. The van der Waals surface area contributed by atoms with E-state index in [4.69, 9.17) is 0 Å². The van der Waals surface area contributed by atoms with E-state index in [1.54, 1.807) is 4.90 Å². The topological polar surface area (TPSA) is 33.5 Å². The highest BCUT2D eigenvalue weighted by atomic mass is 16.1. The molecule has 0 spiro atoms. The van der Waals surface area contributed by atoms with Crippen LogP contribution in [0.4, 0.5) is 0 Å². The molecule has 3 heteroatoms. The Kier molecular flexibility index (Phi) is 5.88. The molecular weight excluding hydrogens is 332 g/mol. The van der Waals surface area contributed by atoms with Gasteiger partial charge in [-0.25, -0.2) is 0 Å². The van der Waals surface area contributed by atoms with E-state index >= 15 is 0 Å². The molecular formula is C24H31N2O+. The Balaban J connectivity index is 1.33. The maximum absolute atomic E-state index is 12.5. The Morgan fingerprint density at radius 2 is 1.63 bits per heavy atom. The number of hydrogen-bond acceptors (Lipinski definition) is 1. The van der Waals surface area contributed by atoms with E-state index in [1.165, 1.54) is 48.9 Å². The molecule has 2 aromatic carbocycles. The molecule has 1 heterocycles. The predicted molar refractivity (Wildman–Crippen MR) is 109 cm³/mol. The number of carbonyl (C=O) groups excluding carboxylic acids is 1. The van der Waals surface area contributed by atoms with Crippen molar-refractivity contribution in [2.45, 2.75) is 64.1 Å². The van der Waals surface area contributed by atoms with E-state index in [2.05, 4.69) is 41.7 Å². The lowest BCUT2D eigenvalue weighted by Crippen LogP contribution is -3.10. The minimum atomic E-state index is 0.0905. The smallest absolute Gasteiger partial charge is 0.251 e. The first-order valence-electron chi connectivity index (χ1n) is 10.6. The molecule has 1 unspecified atom stereocenters. The van der Waals surface area contributed by atoms with Crippen molar-refractivity contribution in [2.75, 3.05) is 6.54 Å². The van der Waals surface area contributed by atoms with Gasteiger partial charge in [0.2, 0.25) is 0 Å². The zero-order chi connectivity index (χ0) is 18.5. The van der Waals surface area contributed by atoms with Gasteiger partial charge in [0.1, 0.15) is 13.1 Å². The van der Waals surface area contributed by atoms with Crippen LogP contribution in [0.5, 0.6) is 0 Å². The average molecular weight is 364 g/mol. The van der Waals surface area contributed by atoms with Crippen molar-refractivity contribution in [3.63, 3.8) is 0 Å². The second-order valence-electron chi connectivity index (χ2n) is 8.23. The summed E-state index contributed by atoms with van der Waals surface area (Å²) >= 11 is 0. The predicted octanol–water partition coefficient (Wildman–Crippen LogP) is 3.28. The first kappa shape index (κ1) is 18.2. The summed E-state index contributed by atoms with van der Waals surface area (Å²) in [6, 6.07) is 17.4. The molecule has 27 heavy (non-hydrogen) atoms. The number of rotatable bonds is 4. The second kappa shape index (κ2) is 8.71. The van der Waals surface area contributed by atoms with E-state index < -0.39 is 0 Å². The van der Waals surface area contributed by atoms with Crippen LogP contribution in [0.15, 0.2) is 48.5 Å². The summed E-state index contributed by atoms with van der Waals surface area (Å²) in [6.07, 6.45) is 8.52. The Morgan fingerprint density at radius 3 is 2.37 bits per heavy atom. The van der Waals surface area contributed by atoms with Gasteiger partial charge < -0.3 is 10.2 Å². The molecule has 0 radical (unpaired) electrons. The number of carbonyl (C=O) groups is 1. The average Bonchev–Trinajstić information content (AvgIpc) is 2.97. The minimum absolute atomic E-state index is 0.0905. The molecule has 1 amide bonds. The lowest BCUT2D eigenvalue weighted by Gasteiger charge is -2.26. The summed E-state index contributed by atoms with van der Waals surface area (Å²) in [5.74, 6) is 0.0905. The molecule has 0 aromatic heterocycles. The lowest BCUT2D eigenvalue weighted by atomic mass is 9.99. The van der Waals surface area contributed by atoms with Crippen LogP contribution in [-0.2, 0) is 19.5 Å². The zero-order valence-corrected chi connectivity index (χ0v) is 16.2. The fourth-order valence-electron chi connectivity index (χ4n) is 4.55. The third-order valence-corrected chi connectivity index (χ3v) is 6.17. The molecule has 1 aliphatic heterocycles. The Bertz CT molecular complexity index is 760. The normalized spacial score (nSPS) is 20.5. The van der Waals surface area contributed by atoms with Crippen LogP contribution in [-0.4, -0.2) is 18.5 Å². The summed E-state index contributed by atoms with van der Waals surface area (Å²) in [6.45, 7) is 3.31. The number of benzene rings is 2. The molecule has 4 rings (SSSR count). The molecule has 1 atom stereocenters. The van der Waals surface area contributed by atoms with Gasteiger partial charge in [-0.05, 0) is 30.5 Å². The monoisotopic (exact) mass is 363 g/mol. The van der Waals surface area contributed by atoms with Crippen LogP contribution in [0.1, 0.15) is 65.6 Å². The van der Waals surface area contributed by atoms with Crippen molar-refractivity contribution in [3.05, 3.63) is 70.8 Å². The quantitative estimate of drug-likeness (QED) is 0.803. The van der Waals surface area contributed by atoms with Crippen molar-refractivity contribution < 1.29 is 9.69 Å². The van der Waals surface area contributed by atoms with Crippen molar-refractivity contribution in [1.82, 2.24) is 5.32 Å². The van der Waals surface area contributed by atoms with Crippen LogP contribution >= 0.6 is 0 Å². The summed E-state index contributed by atoms with van der Waals surface area (Å²) in [4.78, 5) is 14.1. The Labute approximate surface area is 162 Å². The number of nitrogens with one attached hydrogen (secondary N) is 2. The van der Waals surface area contributed by atoms with Gasteiger partial charge >= 0.3 is 0 Å². The highest BCUT2D eigenvalue weighted by Gasteiger charge is 2.19. The number of amides is 1. The Hall–Kier alpha value is -2.13. The largest absolute Gasteiger partial charge is 0.349 e. The molecule has 0 saturated heterocycles. The maximum atomic E-state index is 12.5. The summed E-state index contributed by atoms with van der Waals surface area (Å²) in [7, 11) is 0. The van der Waals surface area contributed by atoms with E-state index in [-0.39, 0.29) is 5.91 Å². The third-order valence-electron chi connectivity index (χ3n) is 6.17. The molecule has 1 saturated carbocycles. The van der Waals surface area contributed by atoms with Crippen molar-refractivity contribution in [2.24, 2.45) is 0 Å². The highest BCUT2D eigenvalue weighted by molar-refractivity contribution is 5.94. The van der Waals surface area contributed by atoms with Gasteiger partial charge in [0.25, 0.3) is 5.91 Å². The Morgan fingerprint density at radius 1 is 0.926 bits per heavy atom. The zero-order valence-electron chi connectivity index (χ0n) is 16.2. The number of hydrogen-bond donors (Lipinski definition) is 2. The lowest BCUT2D eigenvalue weighted by molar-refractivity contribution is -0.929. The van der Waals surface area contributed by atoms with Crippen LogP contribution < -0.4 is 10.2 Å². The van der Waals surface area contributed by atoms with E-state index in [0.717, 1.165) is 37.9 Å². The van der Waals surface area contributed by atoms with Crippen LogP contribution in [0, 0.1) is 0 Å².